The number of nitrogens with one attached hydrogen (secondary N) is 2. The summed E-state index contributed by atoms with van der Waals surface area (Å²) in [7, 11) is 0. The fraction of sp³-hybridized carbons (Fsp3) is 0.133. The smallest absolute Gasteiger partial charge is 0.276 e. The first kappa shape index (κ1) is 23.0. The van der Waals surface area contributed by atoms with E-state index in [-0.39, 0.29) is 17.2 Å². The highest BCUT2D eigenvalue weighted by Crippen LogP contribution is 2.32. The molecule has 0 unspecified atom stereocenters. The fourth-order valence-corrected chi connectivity index (χ4v) is 5.34. The van der Waals surface area contributed by atoms with Gasteiger partial charge in [-0.05, 0) is 53.2 Å². The molecule has 4 heterocycles. The lowest BCUT2D eigenvalue weighted by Crippen LogP contribution is -2.49. The third kappa shape index (κ3) is 3.95. The zero-order valence-corrected chi connectivity index (χ0v) is 21.0. The average molecular weight is 516 g/mol. The third-order valence-corrected chi connectivity index (χ3v) is 7.42. The predicted molar refractivity (Wildman–Crippen MR) is 154 cm³/mol. The molecule has 7 rings (SSSR count). The third-order valence-electron chi connectivity index (χ3n) is 7.42. The zero-order valence-electron chi connectivity index (χ0n) is 21.0. The summed E-state index contributed by atoms with van der Waals surface area (Å²) in [5.74, 6) is 0.873. The number of hydrogen-bond acceptors (Lipinski definition) is 6. The highest BCUT2D eigenvalue weighted by Gasteiger charge is 2.24. The number of nitrogen functional groups attached to an aromatic ring is 1. The lowest BCUT2D eigenvalue weighted by Gasteiger charge is -2.35. The van der Waals surface area contributed by atoms with Gasteiger partial charge in [-0.3, -0.25) is 9.59 Å². The Morgan fingerprint density at radius 2 is 1.62 bits per heavy atom. The van der Waals surface area contributed by atoms with Crippen LogP contribution >= 0.6 is 0 Å². The molecule has 3 aromatic carbocycles. The molecule has 3 aromatic heterocycles. The van der Waals surface area contributed by atoms with Crippen molar-refractivity contribution in [1.29, 1.82) is 0 Å². The molecule has 0 spiro atoms. The molecule has 0 atom stereocenters. The van der Waals surface area contributed by atoms with Gasteiger partial charge < -0.3 is 25.5 Å². The second kappa shape index (κ2) is 8.98. The first-order valence-corrected chi connectivity index (χ1v) is 12.8. The maximum absolute atomic E-state index is 13.4. The van der Waals surface area contributed by atoms with Gasteiger partial charge in [0.15, 0.2) is 5.69 Å². The Hall–Kier alpha value is -5.18. The summed E-state index contributed by atoms with van der Waals surface area (Å²) in [5.41, 5.74) is 9.86. The number of H-pyrrole nitrogens is 2. The Balaban J connectivity index is 1.19. The summed E-state index contributed by atoms with van der Waals surface area (Å²) in [4.78, 5) is 45.7. The van der Waals surface area contributed by atoms with Crippen molar-refractivity contribution in [1.82, 2.24) is 24.8 Å². The molecule has 1 saturated heterocycles. The molecule has 9 nitrogen and oxygen atoms in total. The number of aromatic nitrogens is 4. The molecule has 39 heavy (non-hydrogen) atoms. The number of nitrogens with two attached hydrogens (primary N) is 1. The summed E-state index contributed by atoms with van der Waals surface area (Å²) in [5, 5.41) is 2.74. The van der Waals surface area contributed by atoms with Crippen LogP contribution in [0.5, 0.6) is 0 Å². The van der Waals surface area contributed by atoms with Crippen molar-refractivity contribution in [3.05, 3.63) is 94.9 Å². The fourth-order valence-electron chi connectivity index (χ4n) is 5.34. The van der Waals surface area contributed by atoms with Crippen LogP contribution in [0, 0.1) is 0 Å². The highest BCUT2D eigenvalue weighted by molar-refractivity contribution is 6.05. The van der Waals surface area contributed by atoms with Gasteiger partial charge in [-0.15, -0.1) is 0 Å². The van der Waals surface area contributed by atoms with Crippen molar-refractivity contribution in [2.24, 2.45) is 0 Å². The number of nitrogens with zero attached hydrogens (tertiary/aromatic N) is 4. The lowest BCUT2D eigenvalue weighted by molar-refractivity contribution is 0.0746. The average Bonchev–Trinajstić information content (AvgIpc) is 3.31. The number of carbonyl (C=O) groups excluding carboxylic acids is 1. The van der Waals surface area contributed by atoms with Gasteiger partial charge in [-0.1, -0.05) is 30.3 Å². The van der Waals surface area contributed by atoms with E-state index < -0.39 is 0 Å². The molecule has 4 N–H and O–H groups in total. The van der Waals surface area contributed by atoms with E-state index >= 15 is 0 Å². The van der Waals surface area contributed by atoms with Gasteiger partial charge in [0, 0.05) is 48.8 Å². The number of fused-ring (bicyclic) bond motifs is 3. The van der Waals surface area contributed by atoms with E-state index in [1.54, 1.807) is 18.3 Å². The standard InChI is InChI=1S/C30H25N7O2/c31-26-21-15-20(30(39)37-13-11-36(12-14-37)25-7-3-4-10-32-25)8-9-22(21)33-27(26)28-29(38)35-24-17-19-6-2-1-5-18(19)16-23(24)34-28/h1-10,15-17,33H,11-14,31H2,(H,35,38). The Morgan fingerprint density at radius 3 is 2.38 bits per heavy atom. The van der Waals surface area contributed by atoms with Crippen LogP contribution in [0.3, 0.4) is 0 Å². The molecule has 9 heteroatoms. The van der Waals surface area contributed by atoms with E-state index in [1.807, 2.05) is 65.6 Å². The molecule has 6 aromatic rings. The van der Waals surface area contributed by atoms with Crippen LogP contribution in [-0.4, -0.2) is 56.9 Å². The molecule has 0 radical (unpaired) electrons. The maximum atomic E-state index is 13.4. The topological polar surface area (TPSA) is 124 Å². The quantitative estimate of drug-likeness (QED) is 0.304. The minimum Gasteiger partial charge on any atom is -0.396 e. The van der Waals surface area contributed by atoms with Crippen molar-refractivity contribution in [2.75, 3.05) is 36.8 Å². The minimum atomic E-state index is -0.335. The molecule has 0 saturated carbocycles. The monoisotopic (exact) mass is 515 g/mol. The molecular weight excluding hydrogens is 490 g/mol. The van der Waals surface area contributed by atoms with Crippen LogP contribution in [0.2, 0.25) is 0 Å². The van der Waals surface area contributed by atoms with E-state index in [1.165, 1.54) is 0 Å². The van der Waals surface area contributed by atoms with Gasteiger partial charge in [0.1, 0.15) is 5.82 Å². The molecule has 0 aliphatic carbocycles. The van der Waals surface area contributed by atoms with Gasteiger partial charge in [0.2, 0.25) is 0 Å². The Morgan fingerprint density at radius 1 is 0.846 bits per heavy atom. The molecule has 0 bridgehead atoms. The van der Waals surface area contributed by atoms with Gasteiger partial charge in [0.25, 0.3) is 11.5 Å². The number of carbonyl (C=O) groups is 1. The van der Waals surface area contributed by atoms with E-state index in [2.05, 4.69) is 24.8 Å². The highest BCUT2D eigenvalue weighted by atomic mass is 16.2. The van der Waals surface area contributed by atoms with Crippen LogP contribution in [0.4, 0.5) is 11.5 Å². The van der Waals surface area contributed by atoms with Gasteiger partial charge in [-0.2, -0.15) is 0 Å². The van der Waals surface area contributed by atoms with E-state index in [0.29, 0.717) is 59.5 Å². The number of benzene rings is 3. The van der Waals surface area contributed by atoms with Crippen LogP contribution in [0.15, 0.2) is 83.8 Å². The minimum absolute atomic E-state index is 0.0479. The van der Waals surface area contributed by atoms with E-state index in [9.17, 15) is 9.59 Å². The summed E-state index contributed by atoms with van der Waals surface area (Å²) >= 11 is 0. The van der Waals surface area contributed by atoms with Gasteiger partial charge in [-0.25, -0.2) is 9.97 Å². The Kier molecular flexibility index (Phi) is 5.29. The van der Waals surface area contributed by atoms with E-state index in [4.69, 9.17) is 5.73 Å². The molecule has 1 amide bonds. The number of aromatic amines is 2. The van der Waals surface area contributed by atoms with Crippen LogP contribution in [-0.2, 0) is 0 Å². The SMILES string of the molecule is Nc1c(-c2nc3cc4ccccc4cc3[nH]c2=O)[nH]c2ccc(C(=O)N3CCN(c4ccccn4)CC3)cc12. The summed E-state index contributed by atoms with van der Waals surface area (Å²) in [6.07, 6.45) is 1.78. The first-order chi connectivity index (χ1) is 19.0. The Bertz CT molecular complexity index is 1940. The van der Waals surface area contributed by atoms with Crippen molar-refractivity contribution >= 4 is 50.1 Å². The zero-order chi connectivity index (χ0) is 26.5. The molecule has 1 aliphatic heterocycles. The second-order valence-corrected chi connectivity index (χ2v) is 9.77. The van der Waals surface area contributed by atoms with Crippen LogP contribution in [0.25, 0.3) is 44.1 Å². The molecule has 1 fully saturated rings. The normalized spacial score (nSPS) is 13.9. The summed E-state index contributed by atoms with van der Waals surface area (Å²) in [6, 6.07) is 23.1. The first-order valence-electron chi connectivity index (χ1n) is 12.8. The van der Waals surface area contributed by atoms with Crippen molar-refractivity contribution in [3.8, 4) is 11.4 Å². The molecular formula is C30H25N7O2. The van der Waals surface area contributed by atoms with Gasteiger partial charge in [0.05, 0.1) is 22.4 Å². The molecule has 192 valence electrons. The summed E-state index contributed by atoms with van der Waals surface area (Å²) in [6.45, 7) is 2.64. The number of hydrogen-bond donors (Lipinski definition) is 3. The summed E-state index contributed by atoms with van der Waals surface area (Å²) < 4.78 is 0. The van der Waals surface area contributed by atoms with Crippen molar-refractivity contribution < 1.29 is 4.79 Å². The molecule has 1 aliphatic rings. The maximum Gasteiger partial charge on any atom is 0.276 e. The number of amides is 1. The van der Waals surface area contributed by atoms with E-state index in [0.717, 1.165) is 22.1 Å². The largest absolute Gasteiger partial charge is 0.396 e. The number of anilines is 2. The lowest BCUT2D eigenvalue weighted by atomic mass is 10.1. The van der Waals surface area contributed by atoms with Crippen molar-refractivity contribution in [2.45, 2.75) is 0 Å². The second-order valence-electron chi connectivity index (χ2n) is 9.77. The number of pyridine rings is 1. The van der Waals surface area contributed by atoms with Crippen molar-refractivity contribution in [3.63, 3.8) is 0 Å². The van der Waals surface area contributed by atoms with Crippen LogP contribution in [0.1, 0.15) is 10.4 Å². The predicted octanol–water partition coefficient (Wildman–Crippen LogP) is 4.16. The number of piperazine rings is 1. The van der Waals surface area contributed by atoms with Gasteiger partial charge >= 0.3 is 0 Å². The number of rotatable bonds is 3. The Labute approximate surface area is 222 Å². The van der Waals surface area contributed by atoms with Crippen LogP contribution < -0.4 is 16.2 Å².